The monoisotopic (exact) mass is 777 g/mol. The highest BCUT2D eigenvalue weighted by Crippen LogP contribution is 2.43. The number of ether oxygens (including phenoxy) is 2. The number of fused-ring (bicyclic) bond motifs is 3. The van der Waals surface area contributed by atoms with Gasteiger partial charge in [0.05, 0.1) is 58.8 Å². The zero-order chi connectivity index (χ0) is 40.6. The molecule has 3 aromatic heterocycles. The summed E-state index contributed by atoms with van der Waals surface area (Å²) in [6.45, 7) is 18.9. The van der Waals surface area contributed by atoms with Crippen molar-refractivity contribution in [1.82, 2.24) is 19.9 Å². The average molecular weight is 777 g/mol. The van der Waals surface area contributed by atoms with Gasteiger partial charge < -0.3 is 13.9 Å². The molecule has 7 heteroatoms. The SMILES string of the molecule is CCCCCCCCOc1cc2c(cc1-c1nc(CCC)c(C)nc1CCC)oc1cc(-c3nc(CCC)c(C)nc3CCC)c(OCCCCCCCC)cc12. The summed E-state index contributed by atoms with van der Waals surface area (Å²) >= 11 is 0. The van der Waals surface area contributed by atoms with Crippen LogP contribution in [0.25, 0.3) is 44.5 Å². The fourth-order valence-corrected chi connectivity index (χ4v) is 7.97. The molecule has 0 amide bonds. The third-order valence-electron chi connectivity index (χ3n) is 11.1. The first-order chi connectivity index (χ1) is 27.9. The molecular formula is C50H72N4O3. The van der Waals surface area contributed by atoms with Crippen molar-refractivity contribution in [1.29, 1.82) is 0 Å². The number of unbranched alkanes of at least 4 members (excludes halogenated alkanes) is 10. The average Bonchev–Trinajstić information content (AvgIpc) is 3.55. The molecule has 5 aromatic rings. The van der Waals surface area contributed by atoms with Crippen LogP contribution < -0.4 is 9.47 Å². The minimum atomic E-state index is 0.661. The smallest absolute Gasteiger partial charge is 0.136 e. The molecular weight excluding hydrogens is 705 g/mol. The van der Waals surface area contributed by atoms with Crippen LogP contribution in [-0.2, 0) is 25.7 Å². The molecule has 0 aliphatic heterocycles. The Morgan fingerprint density at radius 3 is 1.18 bits per heavy atom. The first kappa shape index (κ1) is 44.1. The van der Waals surface area contributed by atoms with Gasteiger partial charge in [-0.3, -0.25) is 9.97 Å². The number of aromatic nitrogens is 4. The van der Waals surface area contributed by atoms with E-state index < -0.39 is 0 Å². The van der Waals surface area contributed by atoms with Crippen molar-refractivity contribution in [2.45, 2.75) is 184 Å². The van der Waals surface area contributed by atoms with Gasteiger partial charge >= 0.3 is 0 Å². The molecule has 57 heavy (non-hydrogen) atoms. The molecule has 7 nitrogen and oxygen atoms in total. The Kier molecular flexibility index (Phi) is 17.7. The van der Waals surface area contributed by atoms with E-state index in [1.54, 1.807) is 0 Å². The highest BCUT2D eigenvalue weighted by Gasteiger charge is 2.23. The van der Waals surface area contributed by atoms with Crippen molar-refractivity contribution in [3.63, 3.8) is 0 Å². The standard InChI is InChI=1S/C50H72N4O3/c1-9-15-17-19-21-23-29-55-45-31-37-38-32-46(56-30-24-22-20-18-16-10-2)40(50-44(28-14-6)52-36(8)42(54-50)26-12-4)34-48(38)57-47(37)33-39(45)49-43(27-13-5)51-35(7)41(53-49)25-11-3/h31-34H,9-30H2,1-8H3. The maximum Gasteiger partial charge on any atom is 0.136 e. The molecule has 0 atom stereocenters. The molecule has 0 saturated heterocycles. The highest BCUT2D eigenvalue weighted by molar-refractivity contribution is 6.09. The lowest BCUT2D eigenvalue weighted by atomic mass is 10.00. The minimum absolute atomic E-state index is 0.661. The summed E-state index contributed by atoms with van der Waals surface area (Å²) in [6.07, 6.45) is 22.0. The van der Waals surface area contributed by atoms with Gasteiger partial charge in [-0.25, -0.2) is 9.97 Å². The molecule has 5 rings (SSSR count). The molecule has 0 saturated carbocycles. The summed E-state index contributed by atoms with van der Waals surface area (Å²) < 4.78 is 20.4. The minimum Gasteiger partial charge on any atom is -0.493 e. The zero-order valence-corrected chi connectivity index (χ0v) is 36.9. The van der Waals surface area contributed by atoms with Gasteiger partial charge in [-0.1, -0.05) is 131 Å². The van der Waals surface area contributed by atoms with Crippen LogP contribution in [0.5, 0.6) is 11.5 Å². The molecule has 0 bridgehead atoms. The summed E-state index contributed by atoms with van der Waals surface area (Å²) in [5.41, 5.74) is 11.6. The molecule has 0 unspecified atom stereocenters. The van der Waals surface area contributed by atoms with E-state index in [9.17, 15) is 0 Å². The van der Waals surface area contributed by atoms with E-state index in [1.807, 2.05) is 0 Å². The van der Waals surface area contributed by atoms with Gasteiger partial charge in [0, 0.05) is 21.9 Å². The molecule has 3 heterocycles. The lowest BCUT2D eigenvalue weighted by Crippen LogP contribution is -2.07. The number of furan rings is 1. The molecule has 2 aromatic carbocycles. The van der Waals surface area contributed by atoms with Crippen molar-refractivity contribution < 1.29 is 13.9 Å². The largest absolute Gasteiger partial charge is 0.493 e. The van der Waals surface area contributed by atoms with Gasteiger partial charge in [0.15, 0.2) is 0 Å². The second-order valence-corrected chi connectivity index (χ2v) is 16.1. The van der Waals surface area contributed by atoms with Gasteiger partial charge in [-0.05, 0) is 76.6 Å². The van der Waals surface area contributed by atoms with E-state index in [0.717, 1.165) is 154 Å². The zero-order valence-electron chi connectivity index (χ0n) is 36.9. The van der Waals surface area contributed by atoms with Crippen molar-refractivity contribution in [2.24, 2.45) is 0 Å². The molecule has 0 aliphatic carbocycles. The lowest BCUT2D eigenvalue weighted by molar-refractivity contribution is 0.305. The third-order valence-corrected chi connectivity index (χ3v) is 11.1. The van der Waals surface area contributed by atoms with E-state index >= 15 is 0 Å². The van der Waals surface area contributed by atoms with Crippen LogP contribution in [0.2, 0.25) is 0 Å². The number of hydrogen-bond donors (Lipinski definition) is 0. The fraction of sp³-hybridized carbons (Fsp3) is 0.600. The Morgan fingerprint density at radius 1 is 0.421 bits per heavy atom. The third kappa shape index (κ3) is 11.6. The molecule has 0 fully saturated rings. The molecule has 0 spiro atoms. The Bertz CT molecular complexity index is 1870. The Labute approximate surface area is 344 Å². The second kappa shape index (κ2) is 22.8. The summed E-state index contributed by atoms with van der Waals surface area (Å²) in [7, 11) is 0. The molecule has 310 valence electrons. The second-order valence-electron chi connectivity index (χ2n) is 16.1. The van der Waals surface area contributed by atoms with Crippen LogP contribution in [-0.4, -0.2) is 33.1 Å². The molecule has 0 N–H and O–H groups in total. The summed E-state index contributed by atoms with van der Waals surface area (Å²) in [5.74, 6) is 1.68. The predicted octanol–water partition coefficient (Wildman–Crippen LogP) is 14.4. The number of nitrogens with zero attached hydrogens (tertiary/aromatic N) is 4. The Hall–Kier alpha value is -4.00. The van der Waals surface area contributed by atoms with Gasteiger partial charge in [0.2, 0.25) is 0 Å². The van der Waals surface area contributed by atoms with Crippen molar-refractivity contribution in [3.8, 4) is 34.0 Å². The summed E-state index contributed by atoms with van der Waals surface area (Å²) in [6, 6.07) is 8.69. The quantitative estimate of drug-likeness (QED) is 0.0517. The predicted molar refractivity (Wildman–Crippen MR) is 239 cm³/mol. The number of benzene rings is 2. The van der Waals surface area contributed by atoms with Gasteiger partial charge in [0.1, 0.15) is 22.7 Å². The number of aryl methyl sites for hydroxylation is 6. The van der Waals surface area contributed by atoms with Crippen LogP contribution in [0.1, 0.15) is 178 Å². The van der Waals surface area contributed by atoms with Crippen molar-refractivity contribution in [3.05, 3.63) is 58.4 Å². The van der Waals surface area contributed by atoms with Crippen molar-refractivity contribution in [2.75, 3.05) is 13.2 Å². The normalized spacial score (nSPS) is 11.6. The van der Waals surface area contributed by atoms with Crippen LogP contribution >= 0.6 is 0 Å². The molecule has 0 radical (unpaired) electrons. The Morgan fingerprint density at radius 2 is 0.789 bits per heavy atom. The van der Waals surface area contributed by atoms with E-state index in [-0.39, 0.29) is 0 Å². The first-order valence-electron chi connectivity index (χ1n) is 22.9. The van der Waals surface area contributed by atoms with E-state index in [1.165, 1.54) is 64.2 Å². The maximum atomic E-state index is 6.84. The summed E-state index contributed by atoms with van der Waals surface area (Å²) in [4.78, 5) is 20.9. The van der Waals surface area contributed by atoms with Gasteiger partial charge in [-0.15, -0.1) is 0 Å². The van der Waals surface area contributed by atoms with Gasteiger partial charge in [-0.2, -0.15) is 0 Å². The van der Waals surface area contributed by atoms with Crippen molar-refractivity contribution >= 4 is 21.9 Å². The first-order valence-corrected chi connectivity index (χ1v) is 22.9. The Balaban J connectivity index is 1.66. The molecule has 0 aliphatic rings. The highest BCUT2D eigenvalue weighted by atomic mass is 16.5. The van der Waals surface area contributed by atoms with E-state index in [4.69, 9.17) is 33.8 Å². The number of hydrogen-bond acceptors (Lipinski definition) is 7. The van der Waals surface area contributed by atoms with Crippen LogP contribution in [0.4, 0.5) is 0 Å². The van der Waals surface area contributed by atoms with Crippen LogP contribution in [0.3, 0.4) is 0 Å². The van der Waals surface area contributed by atoms with E-state index in [0.29, 0.717) is 13.2 Å². The fourth-order valence-electron chi connectivity index (χ4n) is 7.97. The van der Waals surface area contributed by atoms with Crippen LogP contribution in [0, 0.1) is 13.8 Å². The van der Waals surface area contributed by atoms with Gasteiger partial charge in [0.25, 0.3) is 0 Å². The lowest BCUT2D eigenvalue weighted by Gasteiger charge is -2.17. The van der Waals surface area contributed by atoms with Crippen LogP contribution in [0.15, 0.2) is 28.7 Å². The summed E-state index contributed by atoms with van der Waals surface area (Å²) in [5, 5.41) is 2.04. The topological polar surface area (TPSA) is 83.2 Å². The number of rotatable bonds is 26. The maximum absolute atomic E-state index is 6.84. The van der Waals surface area contributed by atoms with E-state index in [2.05, 4.69) is 79.7 Å².